The Hall–Kier alpha value is -0.140. The summed E-state index contributed by atoms with van der Waals surface area (Å²) < 4.78 is 0. The molecule has 1 aromatic carbocycles. The van der Waals surface area contributed by atoms with E-state index < -0.39 is 0 Å². The van der Waals surface area contributed by atoms with Crippen LogP contribution in [0.1, 0.15) is 5.56 Å². The van der Waals surface area contributed by atoms with Crippen molar-refractivity contribution in [1.29, 1.82) is 0 Å². The molecule has 15 heavy (non-hydrogen) atoms. The molecule has 0 fully saturated rings. The van der Waals surface area contributed by atoms with Gasteiger partial charge in [0.1, 0.15) is 0 Å². The van der Waals surface area contributed by atoms with Gasteiger partial charge in [-0.1, -0.05) is 53.0 Å². The molecule has 80 valence electrons. The van der Waals surface area contributed by atoms with Crippen LogP contribution in [0.3, 0.4) is 0 Å². The Balaban J connectivity index is 2.90. The molecular formula is C11H8Cl4. The van der Waals surface area contributed by atoms with Gasteiger partial charge < -0.3 is 0 Å². The van der Waals surface area contributed by atoms with Gasteiger partial charge in [0.2, 0.25) is 0 Å². The third-order valence-electron chi connectivity index (χ3n) is 1.67. The number of halogens is 4. The quantitative estimate of drug-likeness (QED) is 0.516. The summed E-state index contributed by atoms with van der Waals surface area (Å²) in [7, 11) is 0. The summed E-state index contributed by atoms with van der Waals surface area (Å²) in [6.45, 7) is 0. The molecule has 0 aliphatic heterocycles. The van der Waals surface area contributed by atoms with E-state index in [1.165, 1.54) is 0 Å². The highest BCUT2D eigenvalue weighted by Crippen LogP contribution is 2.25. The highest BCUT2D eigenvalue weighted by Gasteiger charge is 1.99. The Kier molecular flexibility index (Phi) is 5.55. The molecule has 0 heterocycles. The summed E-state index contributed by atoms with van der Waals surface area (Å²) >= 11 is 23.2. The molecule has 0 nitrogen and oxygen atoms in total. The molecular weight excluding hydrogens is 274 g/mol. The Morgan fingerprint density at radius 1 is 1.20 bits per heavy atom. The zero-order chi connectivity index (χ0) is 11.3. The van der Waals surface area contributed by atoms with Crippen LogP contribution in [0, 0.1) is 0 Å². The molecule has 1 rings (SSSR count). The van der Waals surface area contributed by atoms with E-state index in [0.29, 0.717) is 21.0 Å². The van der Waals surface area contributed by atoms with Crippen LogP contribution in [0.4, 0.5) is 0 Å². The molecule has 0 N–H and O–H groups in total. The minimum absolute atomic E-state index is 0.294. The van der Waals surface area contributed by atoms with Gasteiger partial charge in [-0.25, -0.2) is 0 Å². The number of allylic oxidation sites excluding steroid dienone is 3. The van der Waals surface area contributed by atoms with Crippen LogP contribution >= 0.6 is 46.4 Å². The molecule has 0 unspecified atom stereocenters. The number of hydrogen-bond acceptors (Lipinski definition) is 0. The maximum Gasteiger partial charge on any atom is 0.0581 e. The largest absolute Gasteiger partial charge is 0.121 e. The standard InChI is InChI=1S/C11H8Cl4/c12-7-8(13)3-1-4-9-10(14)5-2-6-11(9)15/h1-6H,7H2. The van der Waals surface area contributed by atoms with Crippen LogP contribution in [0.15, 0.2) is 35.4 Å². The lowest BCUT2D eigenvalue weighted by atomic mass is 10.2. The second-order valence-electron chi connectivity index (χ2n) is 2.74. The maximum atomic E-state index is 5.96. The first-order valence-corrected chi connectivity index (χ1v) is 5.84. The molecule has 4 heteroatoms. The number of alkyl halides is 1. The topological polar surface area (TPSA) is 0 Å². The van der Waals surface area contributed by atoms with E-state index in [1.807, 2.05) is 0 Å². The van der Waals surface area contributed by atoms with E-state index in [4.69, 9.17) is 46.4 Å². The van der Waals surface area contributed by atoms with Crippen molar-refractivity contribution < 1.29 is 0 Å². The van der Waals surface area contributed by atoms with Gasteiger partial charge in [0.15, 0.2) is 0 Å². The highest BCUT2D eigenvalue weighted by molar-refractivity contribution is 6.37. The zero-order valence-corrected chi connectivity index (χ0v) is 10.7. The van der Waals surface area contributed by atoms with E-state index in [2.05, 4.69) is 0 Å². The molecule has 0 aliphatic carbocycles. The van der Waals surface area contributed by atoms with Crippen LogP contribution in [0.5, 0.6) is 0 Å². The summed E-state index contributed by atoms with van der Waals surface area (Å²) in [4.78, 5) is 0. The molecule has 0 bridgehead atoms. The second kappa shape index (κ2) is 6.44. The van der Waals surface area contributed by atoms with E-state index in [1.54, 1.807) is 36.4 Å². The van der Waals surface area contributed by atoms with Crippen molar-refractivity contribution in [3.63, 3.8) is 0 Å². The summed E-state index contributed by atoms with van der Waals surface area (Å²) in [6.07, 6.45) is 5.26. The molecule has 1 aromatic rings. The SMILES string of the molecule is ClCC(Cl)=CC=Cc1c(Cl)cccc1Cl. The van der Waals surface area contributed by atoms with Gasteiger partial charge in [-0.2, -0.15) is 0 Å². The first-order chi connectivity index (χ1) is 7.15. The Bertz CT molecular complexity index is 373. The average Bonchev–Trinajstić information content (AvgIpc) is 2.22. The van der Waals surface area contributed by atoms with Crippen LogP contribution < -0.4 is 0 Å². The number of rotatable bonds is 3. The Labute approximate surface area is 109 Å². The van der Waals surface area contributed by atoms with Gasteiger partial charge in [-0.05, 0) is 18.2 Å². The summed E-state index contributed by atoms with van der Waals surface area (Å²) in [6, 6.07) is 5.35. The molecule has 0 spiro atoms. The van der Waals surface area contributed by atoms with Crippen LogP contribution in [-0.2, 0) is 0 Å². The predicted octanol–water partition coefficient (Wildman–Crippen LogP) is 5.37. The molecule has 0 radical (unpaired) electrons. The van der Waals surface area contributed by atoms with Gasteiger partial charge in [-0.15, -0.1) is 11.6 Å². The molecule has 0 aromatic heterocycles. The van der Waals surface area contributed by atoms with Crippen LogP contribution in [0.2, 0.25) is 10.0 Å². The number of benzene rings is 1. The third-order valence-corrected chi connectivity index (χ3v) is 3.01. The van der Waals surface area contributed by atoms with Gasteiger partial charge in [0.25, 0.3) is 0 Å². The summed E-state index contributed by atoms with van der Waals surface area (Å²) in [5, 5.41) is 1.78. The van der Waals surface area contributed by atoms with E-state index in [9.17, 15) is 0 Å². The zero-order valence-electron chi connectivity index (χ0n) is 7.68. The van der Waals surface area contributed by atoms with E-state index >= 15 is 0 Å². The summed E-state index contributed by atoms with van der Waals surface area (Å²) in [5.41, 5.74) is 0.774. The van der Waals surface area contributed by atoms with Gasteiger partial charge in [-0.3, -0.25) is 0 Å². The predicted molar refractivity (Wildman–Crippen MR) is 70.2 cm³/mol. The fraction of sp³-hybridized carbons (Fsp3) is 0.0909. The lowest BCUT2D eigenvalue weighted by molar-refractivity contribution is 1.64. The lowest BCUT2D eigenvalue weighted by Gasteiger charge is -1.99. The number of hydrogen-bond donors (Lipinski definition) is 0. The first kappa shape index (κ1) is 12.9. The van der Waals surface area contributed by atoms with Gasteiger partial charge >= 0.3 is 0 Å². The minimum atomic E-state index is 0.294. The van der Waals surface area contributed by atoms with Crippen molar-refractivity contribution in [1.82, 2.24) is 0 Å². The van der Waals surface area contributed by atoms with Crippen molar-refractivity contribution in [3.8, 4) is 0 Å². The lowest BCUT2D eigenvalue weighted by Crippen LogP contribution is -1.76. The fourth-order valence-electron chi connectivity index (χ4n) is 0.963. The normalized spacial score (nSPS) is 12.4. The van der Waals surface area contributed by atoms with Crippen LogP contribution in [0.25, 0.3) is 6.08 Å². The second-order valence-corrected chi connectivity index (χ2v) is 4.31. The molecule has 0 aliphatic rings. The molecule has 0 amide bonds. The van der Waals surface area contributed by atoms with Gasteiger partial charge in [0.05, 0.1) is 5.88 Å². The highest BCUT2D eigenvalue weighted by atomic mass is 35.5. The van der Waals surface area contributed by atoms with E-state index in [-0.39, 0.29) is 0 Å². The van der Waals surface area contributed by atoms with Crippen molar-refractivity contribution >= 4 is 52.5 Å². The molecule has 0 atom stereocenters. The minimum Gasteiger partial charge on any atom is -0.121 e. The average molecular weight is 282 g/mol. The summed E-state index contributed by atoms with van der Waals surface area (Å²) in [5.74, 6) is 0.294. The Morgan fingerprint density at radius 3 is 2.33 bits per heavy atom. The maximum absolute atomic E-state index is 5.96. The van der Waals surface area contributed by atoms with E-state index in [0.717, 1.165) is 5.56 Å². The fourth-order valence-corrected chi connectivity index (χ4v) is 1.65. The monoisotopic (exact) mass is 280 g/mol. The Morgan fingerprint density at radius 2 is 1.80 bits per heavy atom. The van der Waals surface area contributed by atoms with Crippen LogP contribution in [-0.4, -0.2) is 5.88 Å². The van der Waals surface area contributed by atoms with Crippen molar-refractivity contribution in [3.05, 3.63) is 51.0 Å². The molecule has 0 saturated carbocycles. The van der Waals surface area contributed by atoms with Gasteiger partial charge in [0, 0.05) is 20.6 Å². The third kappa shape index (κ3) is 4.08. The molecule has 0 saturated heterocycles. The van der Waals surface area contributed by atoms with Crippen molar-refractivity contribution in [2.45, 2.75) is 0 Å². The first-order valence-electron chi connectivity index (χ1n) is 4.18. The van der Waals surface area contributed by atoms with Crippen molar-refractivity contribution in [2.75, 3.05) is 5.88 Å². The smallest absolute Gasteiger partial charge is 0.0581 e. The van der Waals surface area contributed by atoms with Crippen molar-refractivity contribution in [2.24, 2.45) is 0 Å².